The Morgan fingerprint density at radius 1 is 1.27 bits per heavy atom. The molecule has 3 rings (SSSR count). The smallest absolute Gasteiger partial charge is 0.191 e. The van der Waals surface area contributed by atoms with Crippen molar-refractivity contribution in [2.24, 2.45) is 16.8 Å². The Bertz CT molecular complexity index is 667. The van der Waals surface area contributed by atoms with Crippen LogP contribution < -0.4 is 15.4 Å². The third-order valence-electron chi connectivity index (χ3n) is 5.34. The average Bonchev–Trinajstić information content (AvgIpc) is 3.41. The summed E-state index contributed by atoms with van der Waals surface area (Å²) in [5.74, 6) is 1.86. The van der Waals surface area contributed by atoms with E-state index < -0.39 is 0 Å². The summed E-state index contributed by atoms with van der Waals surface area (Å²) in [6.45, 7) is 6.52. The van der Waals surface area contributed by atoms with E-state index in [9.17, 15) is 4.39 Å². The van der Waals surface area contributed by atoms with Gasteiger partial charge in [-0.05, 0) is 56.2 Å². The van der Waals surface area contributed by atoms with E-state index in [1.54, 1.807) is 13.1 Å². The quantitative estimate of drug-likeness (QED) is 0.195. The normalized spacial score (nSPS) is 19.8. The van der Waals surface area contributed by atoms with E-state index in [-0.39, 0.29) is 35.8 Å². The number of nitrogens with zero attached hydrogens (tertiary/aromatic N) is 1. The van der Waals surface area contributed by atoms with E-state index in [0.717, 1.165) is 44.8 Å². The molecule has 0 spiro atoms. The Morgan fingerprint density at radius 2 is 2.10 bits per heavy atom. The van der Waals surface area contributed by atoms with Crippen LogP contribution in [0.5, 0.6) is 5.75 Å². The minimum Gasteiger partial charge on any atom is -0.490 e. The minimum atomic E-state index is -0.315. The first-order valence-electron chi connectivity index (χ1n) is 10.7. The third kappa shape index (κ3) is 8.55. The molecule has 170 valence electrons. The van der Waals surface area contributed by atoms with Gasteiger partial charge < -0.3 is 24.8 Å². The van der Waals surface area contributed by atoms with E-state index >= 15 is 0 Å². The summed E-state index contributed by atoms with van der Waals surface area (Å²) in [6, 6.07) is 5.07. The van der Waals surface area contributed by atoms with Crippen LogP contribution in [-0.4, -0.2) is 52.6 Å². The van der Waals surface area contributed by atoms with Gasteiger partial charge >= 0.3 is 0 Å². The minimum absolute atomic E-state index is 0. The average molecular weight is 535 g/mol. The van der Waals surface area contributed by atoms with Gasteiger partial charge in [-0.3, -0.25) is 4.99 Å². The second kappa shape index (κ2) is 13.3. The van der Waals surface area contributed by atoms with Crippen LogP contribution >= 0.6 is 24.0 Å². The van der Waals surface area contributed by atoms with Crippen LogP contribution in [0.15, 0.2) is 23.2 Å². The van der Waals surface area contributed by atoms with Gasteiger partial charge in [0.15, 0.2) is 17.5 Å². The fourth-order valence-electron chi connectivity index (χ4n) is 3.22. The second-order valence-electron chi connectivity index (χ2n) is 7.97. The van der Waals surface area contributed by atoms with Crippen LogP contribution in [0.4, 0.5) is 4.39 Å². The largest absolute Gasteiger partial charge is 0.490 e. The molecule has 1 aliphatic heterocycles. The Balaban J connectivity index is 0.00000320. The van der Waals surface area contributed by atoms with Gasteiger partial charge in [-0.15, -0.1) is 24.0 Å². The van der Waals surface area contributed by atoms with E-state index in [1.165, 1.54) is 18.9 Å². The summed E-state index contributed by atoms with van der Waals surface area (Å²) >= 11 is 0. The number of aliphatic imine (C=N–C) groups is 1. The molecule has 8 heteroatoms. The number of hydrogen-bond acceptors (Lipinski definition) is 4. The lowest BCUT2D eigenvalue weighted by molar-refractivity contribution is 0.0888. The molecule has 2 unspecified atom stereocenters. The molecule has 6 nitrogen and oxygen atoms in total. The zero-order valence-corrected chi connectivity index (χ0v) is 20.3. The molecule has 1 aromatic carbocycles. The maximum absolute atomic E-state index is 14.3. The lowest BCUT2D eigenvalue weighted by atomic mass is 10.1. The van der Waals surface area contributed by atoms with Gasteiger partial charge in [-0.25, -0.2) is 4.39 Å². The molecule has 2 N–H and O–H groups in total. The molecule has 2 atom stereocenters. The Labute approximate surface area is 196 Å². The fraction of sp³-hybridized carbons (Fsp3) is 0.682. The predicted molar refractivity (Wildman–Crippen MR) is 127 cm³/mol. The molecule has 0 aromatic heterocycles. The van der Waals surface area contributed by atoms with E-state index in [1.807, 2.05) is 13.0 Å². The zero-order valence-electron chi connectivity index (χ0n) is 18.0. The topological polar surface area (TPSA) is 64.1 Å². The number of benzene rings is 1. The van der Waals surface area contributed by atoms with E-state index in [4.69, 9.17) is 14.2 Å². The Hall–Kier alpha value is -1.13. The van der Waals surface area contributed by atoms with Crippen LogP contribution in [-0.2, 0) is 9.47 Å². The maximum atomic E-state index is 14.3. The first kappa shape index (κ1) is 25.1. The van der Waals surface area contributed by atoms with Crippen LogP contribution in [0, 0.1) is 17.7 Å². The van der Waals surface area contributed by atoms with Gasteiger partial charge in [-0.2, -0.15) is 0 Å². The molecule has 1 aromatic rings. The van der Waals surface area contributed by atoms with Gasteiger partial charge in [-0.1, -0.05) is 6.07 Å². The van der Waals surface area contributed by atoms with Gasteiger partial charge in [0.05, 0.1) is 25.9 Å². The maximum Gasteiger partial charge on any atom is 0.191 e. The van der Waals surface area contributed by atoms with Gasteiger partial charge in [0.25, 0.3) is 0 Å². The van der Waals surface area contributed by atoms with Gasteiger partial charge in [0.1, 0.15) is 0 Å². The standard InChI is InChI=1S/C22H34FN3O3.HI/c1-16(19-6-7-21(20(23)12-19)29-15-17-4-5-17)26-22(24-2)25-9-3-10-27-13-18-8-11-28-14-18;/h6-7,12,16-18H,3-5,8-11,13-15H2,1-2H3,(H2,24,25,26);1H. The predicted octanol–water partition coefficient (Wildman–Crippen LogP) is 3.90. The molecule has 2 aliphatic rings. The van der Waals surface area contributed by atoms with E-state index in [2.05, 4.69) is 15.6 Å². The highest BCUT2D eigenvalue weighted by Gasteiger charge is 2.22. The lowest BCUT2D eigenvalue weighted by Gasteiger charge is -2.19. The summed E-state index contributed by atoms with van der Waals surface area (Å²) in [5, 5.41) is 6.58. The van der Waals surface area contributed by atoms with Crippen molar-refractivity contribution in [3.8, 4) is 5.75 Å². The Morgan fingerprint density at radius 3 is 2.77 bits per heavy atom. The van der Waals surface area contributed by atoms with Crippen LogP contribution in [0.3, 0.4) is 0 Å². The van der Waals surface area contributed by atoms with Crippen molar-refractivity contribution < 1.29 is 18.6 Å². The number of ether oxygens (including phenoxy) is 3. The highest BCUT2D eigenvalue weighted by molar-refractivity contribution is 14.0. The van der Waals surface area contributed by atoms with Crippen molar-refractivity contribution in [1.82, 2.24) is 10.6 Å². The molecule has 0 amide bonds. The summed E-state index contributed by atoms with van der Waals surface area (Å²) in [4.78, 5) is 4.25. The zero-order chi connectivity index (χ0) is 20.5. The molecule has 0 bridgehead atoms. The van der Waals surface area contributed by atoms with Crippen LogP contribution in [0.1, 0.15) is 44.2 Å². The number of halogens is 2. The van der Waals surface area contributed by atoms with Gasteiger partial charge in [0.2, 0.25) is 0 Å². The van der Waals surface area contributed by atoms with Gasteiger partial charge in [0, 0.05) is 32.7 Å². The molecule has 1 aliphatic carbocycles. The molecule has 0 radical (unpaired) electrons. The van der Waals surface area contributed by atoms with Crippen LogP contribution in [0.25, 0.3) is 0 Å². The SMILES string of the molecule is CN=C(NCCCOCC1CCOC1)NC(C)c1ccc(OCC2CC2)c(F)c1.I. The fourth-order valence-corrected chi connectivity index (χ4v) is 3.22. The van der Waals surface area contributed by atoms with Crippen LogP contribution in [0.2, 0.25) is 0 Å². The molecule has 1 heterocycles. The molecule has 2 fully saturated rings. The molecular weight excluding hydrogens is 500 g/mol. The number of nitrogens with one attached hydrogen (secondary N) is 2. The highest BCUT2D eigenvalue weighted by atomic mass is 127. The number of hydrogen-bond donors (Lipinski definition) is 2. The first-order chi connectivity index (χ1) is 14.2. The monoisotopic (exact) mass is 535 g/mol. The summed E-state index contributed by atoms with van der Waals surface area (Å²) in [5.41, 5.74) is 0.853. The molecule has 1 saturated heterocycles. The molecule has 30 heavy (non-hydrogen) atoms. The third-order valence-corrected chi connectivity index (χ3v) is 5.34. The highest BCUT2D eigenvalue weighted by Crippen LogP contribution is 2.30. The van der Waals surface area contributed by atoms with Crippen molar-refractivity contribution >= 4 is 29.9 Å². The number of guanidine groups is 1. The Kier molecular flexibility index (Phi) is 11.2. The first-order valence-corrected chi connectivity index (χ1v) is 10.7. The number of rotatable bonds is 11. The van der Waals surface area contributed by atoms with Crippen molar-refractivity contribution in [2.45, 2.75) is 38.6 Å². The summed E-state index contributed by atoms with van der Waals surface area (Å²) in [6.07, 6.45) is 4.37. The van der Waals surface area contributed by atoms with Crippen molar-refractivity contribution in [1.29, 1.82) is 0 Å². The lowest BCUT2D eigenvalue weighted by Crippen LogP contribution is -2.39. The summed E-state index contributed by atoms with van der Waals surface area (Å²) < 4.78 is 30.9. The second-order valence-corrected chi connectivity index (χ2v) is 7.97. The molecular formula is C22H35FIN3O3. The molecule has 1 saturated carbocycles. The van der Waals surface area contributed by atoms with Crippen molar-refractivity contribution in [3.05, 3.63) is 29.6 Å². The van der Waals surface area contributed by atoms with Crippen molar-refractivity contribution in [3.63, 3.8) is 0 Å². The van der Waals surface area contributed by atoms with Crippen molar-refractivity contribution in [2.75, 3.05) is 46.6 Å². The van der Waals surface area contributed by atoms with E-state index in [0.29, 0.717) is 36.8 Å². The summed E-state index contributed by atoms with van der Waals surface area (Å²) in [7, 11) is 1.73.